The van der Waals surface area contributed by atoms with Crippen LogP contribution in [0, 0.1) is 6.92 Å². The van der Waals surface area contributed by atoms with Gasteiger partial charge in [-0.05, 0) is 25.1 Å². The number of sulfone groups is 1. The summed E-state index contributed by atoms with van der Waals surface area (Å²) >= 11 is 0. The van der Waals surface area contributed by atoms with E-state index in [0.29, 0.717) is 31.7 Å². The highest BCUT2D eigenvalue weighted by Gasteiger charge is 2.26. The van der Waals surface area contributed by atoms with Crippen LogP contribution in [0.3, 0.4) is 0 Å². The topological polar surface area (TPSA) is 87.9 Å². The first-order valence-electron chi connectivity index (χ1n) is 8.75. The van der Waals surface area contributed by atoms with Crippen molar-refractivity contribution in [3.63, 3.8) is 0 Å². The van der Waals surface area contributed by atoms with Crippen LogP contribution in [0.5, 0.6) is 0 Å². The quantitative estimate of drug-likeness (QED) is 0.776. The van der Waals surface area contributed by atoms with Crippen LogP contribution in [-0.4, -0.2) is 62.0 Å². The zero-order chi connectivity index (χ0) is 19.4. The lowest BCUT2D eigenvalue weighted by Crippen LogP contribution is -2.50. The van der Waals surface area contributed by atoms with E-state index in [1.165, 1.54) is 12.5 Å². The van der Waals surface area contributed by atoms with Crippen LogP contribution in [0.15, 0.2) is 52.2 Å². The molecule has 1 aliphatic rings. The molecule has 0 unspecified atom stereocenters. The number of aryl methyl sites for hydroxylation is 1. The Bertz CT molecular complexity index is 896. The number of carbonyl (C=O) groups is 2. The van der Waals surface area contributed by atoms with E-state index in [9.17, 15) is 18.0 Å². The smallest absolute Gasteiger partial charge is 0.257 e. The van der Waals surface area contributed by atoms with E-state index in [0.717, 1.165) is 5.56 Å². The predicted molar refractivity (Wildman–Crippen MR) is 99.0 cm³/mol. The summed E-state index contributed by atoms with van der Waals surface area (Å²) in [6.07, 6.45) is 2.78. The molecule has 0 radical (unpaired) electrons. The Morgan fingerprint density at radius 2 is 1.63 bits per heavy atom. The van der Waals surface area contributed by atoms with Gasteiger partial charge in [0.15, 0.2) is 9.84 Å². The number of piperazine rings is 1. The number of rotatable bonds is 5. The van der Waals surface area contributed by atoms with Crippen LogP contribution in [0.25, 0.3) is 0 Å². The van der Waals surface area contributed by atoms with Crippen LogP contribution in [0.4, 0.5) is 0 Å². The van der Waals surface area contributed by atoms with Crippen molar-refractivity contribution in [2.45, 2.75) is 18.2 Å². The molecule has 0 bridgehead atoms. The molecule has 1 aliphatic heterocycles. The molecule has 27 heavy (non-hydrogen) atoms. The fraction of sp³-hybridized carbons (Fsp3) is 0.368. The SMILES string of the molecule is Cc1ccc(S(=O)(=O)CCC(=O)N2CCN(C(=O)c3ccoc3)CC2)cc1. The van der Waals surface area contributed by atoms with Gasteiger partial charge in [0.1, 0.15) is 6.26 Å². The van der Waals surface area contributed by atoms with E-state index in [4.69, 9.17) is 4.42 Å². The fourth-order valence-electron chi connectivity index (χ4n) is 2.97. The van der Waals surface area contributed by atoms with Gasteiger partial charge in [-0.2, -0.15) is 0 Å². The summed E-state index contributed by atoms with van der Waals surface area (Å²) in [5.74, 6) is -0.554. The molecule has 0 atom stereocenters. The number of hydrogen-bond acceptors (Lipinski definition) is 5. The average molecular weight is 390 g/mol. The monoisotopic (exact) mass is 390 g/mol. The lowest BCUT2D eigenvalue weighted by molar-refractivity contribution is -0.132. The van der Waals surface area contributed by atoms with Crippen molar-refractivity contribution in [1.82, 2.24) is 9.80 Å². The van der Waals surface area contributed by atoms with Gasteiger partial charge in [-0.25, -0.2) is 8.42 Å². The molecule has 1 aromatic carbocycles. The molecule has 0 spiro atoms. The molecule has 1 saturated heterocycles. The van der Waals surface area contributed by atoms with Gasteiger partial charge >= 0.3 is 0 Å². The zero-order valence-corrected chi connectivity index (χ0v) is 15.9. The van der Waals surface area contributed by atoms with Crippen molar-refractivity contribution in [3.05, 3.63) is 54.0 Å². The minimum atomic E-state index is -3.49. The Balaban J connectivity index is 1.51. The molecule has 8 heteroatoms. The largest absolute Gasteiger partial charge is 0.472 e. The number of hydrogen-bond donors (Lipinski definition) is 0. The maximum absolute atomic E-state index is 12.4. The van der Waals surface area contributed by atoms with Gasteiger partial charge in [0.25, 0.3) is 5.91 Å². The van der Waals surface area contributed by atoms with E-state index in [2.05, 4.69) is 0 Å². The summed E-state index contributed by atoms with van der Waals surface area (Å²) in [5, 5.41) is 0. The third kappa shape index (κ3) is 4.57. The first-order valence-corrected chi connectivity index (χ1v) is 10.4. The van der Waals surface area contributed by atoms with Gasteiger partial charge in [0, 0.05) is 32.6 Å². The maximum Gasteiger partial charge on any atom is 0.257 e. The van der Waals surface area contributed by atoms with Gasteiger partial charge in [-0.3, -0.25) is 9.59 Å². The van der Waals surface area contributed by atoms with E-state index < -0.39 is 9.84 Å². The van der Waals surface area contributed by atoms with Crippen molar-refractivity contribution < 1.29 is 22.4 Å². The van der Waals surface area contributed by atoms with E-state index >= 15 is 0 Å². The van der Waals surface area contributed by atoms with Crippen LogP contribution in [0.1, 0.15) is 22.3 Å². The summed E-state index contributed by atoms with van der Waals surface area (Å²) in [4.78, 5) is 28.1. The maximum atomic E-state index is 12.4. The molecule has 3 rings (SSSR count). The molecule has 1 fully saturated rings. The summed E-state index contributed by atoms with van der Waals surface area (Å²) < 4.78 is 29.7. The Morgan fingerprint density at radius 3 is 2.22 bits per heavy atom. The van der Waals surface area contributed by atoms with E-state index in [1.807, 2.05) is 6.92 Å². The number of carbonyl (C=O) groups excluding carboxylic acids is 2. The van der Waals surface area contributed by atoms with Crippen molar-refractivity contribution in [2.24, 2.45) is 0 Å². The van der Waals surface area contributed by atoms with Crippen molar-refractivity contribution in [3.8, 4) is 0 Å². The third-order valence-corrected chi connectivity index (χ3v) is 6.38. The Hall–Kier alpha value is -2.61. The van der Waals surface area contributed by atoms with Crippen molar-refractivity contribution in [1.29, 1.82) is 0 Å². The van der Waals surface area contributed by atoms with Gasteiger partial charge in [-0.1, -0.05) is 17.7 Å². The molecule has 0 aliphatic carbocycles. The first kappa shape index (κ1) is 19.2. The Morgan fingerprint density at radius 1 is 1.00 bits per heavy atom. The van der Waals surface area contributed by atoms with Gasteiger partial charge in [0.05, 0.1) is 22.5 Å². The summed E-state index contributed by atoms with van der Waals surface area (Å²) in [6, 6.07) is 8.22. The zero-order valence-electron chi connectivity index (χ0n) is 15.1. The van der Waals surface area contributed by atoms with Gasteiger partial charge in [-0.15, -0.1) is 0 Å². The molecule has 1 aromatic heterocycles. The Labute approximate surface area is 158 Å². The minimum absolute atomic E-state index is 0.0636. The van der Waals surface area contributed by atoms with Crippen LogP contribution in [-0.2, 0) is 14.6 Å². The van der Waals surface area contributed by atoms with E-state index in [-0.39, 0.29) is 28.9 Å². The molecular weight excluding hydrogens is 368 g/mol. The Kier molecular flexibility index (Phi) is 5.65. The molecule has 0 saturated carbocycles. The molecule has 7 nitrogen and oxygen atoms in total. The summed E-state index contributed by atoms with van der Waals surface area (Å²) in [5.41, 5.74) is 1.46. The van der Waals surface area contributed by atoms with Gasteiger partial charge < -0.3 is 14.2 Å². The van der Waals surface area contributed by atoms with Gasteiger partial charge in [0.2, 0.25) is 5.91 Å². The molecular formula is C19H22N2O5S. The normalized spacial score (nSPS) is 15.0. The number of amides is 2. The number of nitrogens with zero attached hydrogens (tertiary/aromatic N) is 2. The fourth-order valence-corrected chi connectivity index (χ4v) is 4.20. The lowest BCUT2D eigenvalue weighted by atomic mass is 10.2. The second kappa shape index (κ2) is 7.96. The highest BCUT2D eigenvalue weighted by molar-refractivity contribution is 7.91. The summed E-state index contributed by atoms with van der Waals surface area (Å²) in [7, 11) is -3.49. The molecule has 0 N–H and O–H groups in total. The highest BCUT2D eigenvalue weighted by atomic mass is 32.2. The minimum Gasteiger partial charge on any atom is -0.472 e. The van der Waals surface area contributed by atoms with Crippen molar-refractivity contribution >= 4 is 21.7 Å². The predicted octanol–water partition coefficient (Wildman–Crippen LogP) is 1.74. The summed E-state index contributed by atoms with van der Waals surface area (Å²) in [6.45, 7) is 3.51. The van der Waals surface area contributed by atoms with Crippen molar-refractivity contribution in [2.75, 3.05) is 31.9 Å². The number of furan rings is 1. The molecule has 2 amide bonds. The first-order chi connectivity index (χ1) is 12.9. The average Bonchev–Trinajstić information content (AvgIpc) is 3.21. The van der Waals surface area contributed by atoms with Crippen LogP contribution < -0.4 is 0 Å². The third-order valence-electron chi connectivity index (χ3n) is 4.65. The number of benzene rings is 1. The van der Waals surface area contributed by atoms with Crippen LogP contribution >= 0.6 is 0 Å². The molecule has 2 heterocycles. The molecule has 2 aromatic rings. The standard InChI is InChI=1S/C19H22N2O5S/c1-15-2-4-17(5-3-15)27(24,25)13-7-18(22)20-8-10-21(11-9-20)19(23)16-6-12-26-14-16/h2-6,12,14H,7-11,13H2,1H3. The van der Waals surface area contributed by atoms with E-state index in [1.54, 1.807) is 40.1 Å². The van der Waals surface area contributed by atoms with Crippen LogP contribution in [0.2, 0.25) is 0 Å². The lowest BCUT2D eigenvalue weighted by Gasteiger charge is -2.34. The second-order valence-electron chi connectivity index (χ2n) is 6.57. The molecule has 144 valence electrons. The second-order valence-corrected chi connectivity index (χ2v) is 8.68. The highest BCUT2D eigenvalue weighted by Crippen LogP contribution is 2.15.